The Labute approximate surface area is 115 Å². The van der Waals surface area contributed by atoms with Crippen LogP contribution >= 0.6 is 0 Å². The maximum atomic E-state index is 4.31. The topological polar surface area (TPSA) is 0 Å². The second-order valence-electron chi connectivity index (χ2n) is 6.78. The fourth-order valence-electron chi connectivity index (χ4n) is 3.84. The molecule has 0 nitrogen and oxygen atoms in total. The second-order valence-corrected chi connectivity index (χ2v) is 6.78. The molecule has 0 saturated carbocycles. The fourth-order valence-corrected chi connectivity index (χ4v) is 3.84. The number of allylic oxidation sites excluding steroid dienone is 3. The largest absolute Gasteiger partial charge is 0.0989 e. The molecular weight excluding hydrogens is 216 g/mol. The van der Waals surface area contributed by atoms with Gasteiger partial charge in [0.2, 0.25) is 0 Å². The Kier molecular flexibility index (Phi) is 5.69. The summed E-state index contributed by atoms with van der Waals surface area (Å²) < 4.78 is 0. The van der Waals surface area contributed by atoms with Crippen molar-refractivity contribution in [2.75, 3.05) is 0 Å². The van der Waals surface area contributed by atoms with E-state index in [0.717, 1.165) is 24.2 Å². The van der Waals surface area contributed by atoms with E-state index in [1.54, 1.807) is 11.1 Å². The molecule has 0 spiro atoms. The van der Waals surface area contributed by atoms with Crippen LogP contribution in [0.2, 0.25) is 0 Å². The van der Waals surface area contributed by atoms with Crippen molar-refractivity contribution in [3.63, 3.8) is 0 Å². The Morgan fingerprint density at radius 2 is 1.72 bits per heavy atom. The summed E-state index contributed by atoms with van der Waals surface area (Å²) in [6.07, 6.45) is 5.04. The van der Waals surface area contributed by atoms with E-state index in [0.29, 0.717) is 5.92 Å². The van der Waals surface area contributed by atoms with E-state index >= 15 is 0 Å². The van der Waals surface area contributed by atoms with Crippen LogP contribution in [0, 0.1) is 23.7 Å². The molecular formula is C18H32. The van der Waals surface area contributed by atoms with E-state index in [1.807, 2.05) is 0 Å². The van der Waals surface area contributed by atoms with Gasteiger partial charge in [-0.1, -0.05) is 57.9 Å². The van der Waals surface area contributed by atoms with Crippen molar-refractivity contribution in [2.45, 2.75) is 67.2 Å². The minimum atomic E-state index is 0.690. The van der Waals surface area contributed by atoms with Crippen LogP contribution in [0.15, 0.2) is 23.3 Å². The van der Waals surface area contributed by atoms with Crippen LogP contribution in [-0.2, 0) is 0 Å². The lowest BCUT2D eigenvalue weighted by molar-refractivity contribution is 0.257. The molecule has 0 aromatic heterocycles. The number of hydrogen-bond acceptors (Lipinski definition) is 0. The van der Waals surface area contributed by atoms with Crippen LogP contribution in [0.3, 0.4) is 0 Å². The summed E-state index contributed by atoms with van der Waals surface area (Å²) in [6.45, 7) is 18.4. The van der Waals surface area contributed by atoms with Gasteiger partial charge in [-0.2, -0.15) is 0 Å². The molecule has 1 atom stereocenters. The molecule has 1 rings (SSSR count). The number of rotatable bonds is 6. The van der Waals surface area contributed by atoms with Crippen molar-refractivity contribution in [3.05, 3.63) is 23.3 Å². The summed E-state index contributed by atoms with van der Waals surface area (Å²) in [6, 6.07) is 0. The molecule has 104 valence electrons. The molecule has 0 bridgehead atoms. The minimum absolute atomic E-state index is 0.690. The van der Waals surface area contributed by atoms with Gasteiger partial charge in [0.1, 0.15) is 0 Å². The zero-order valence-corrected chi connectivity index (χ0v) is 13.3. The molecule has 1 aliphatic rings. The minimum Gasteiger partial charge on any atom is -0.0989 e. The van der Waals surface area contributed by atoms with Crippen LogP contribution in [0.4, 0.5) is 0 Å². The van der Waals surface area contributed by atoms with Crippen LogP contribution in [-0.4, -0.2) is 0 Å². The van der Waals surface area contributed by atoms with Crippen LogP contribution in [0.5, 0.6) is 0 Å². The zero-order valence-electron chi connectivity index (χ0n) is 13.3. The molecule has 0 fully saturated rings. The molecule has 1 unspecified atom stereocenters. The Morgan fingerprint density at radius 3 is 2.17 bits per heavy atom. The van der Waals surface area contributed by atoms with E-state index in [1.165, 1.54) is 24.8 Å². The first kappa shape index (κ1) is 15.5. The van der Waals surface area contributed by atoms with Crippen molar-refractivity contribution in [2.24, 2.45) is 23.7 Å². The van der Waals surface area contributed by atoms with Gasteiger partial charge in [0.05, 0.1) is 0 Å². The van der Waals surface area contributed by atoms with Gasteiger partial charge < -0.3 is 0 Å². The highest BCUT2D eigenvalue weighted by molar-refractivity contribution is 5.34. The van der Waals surface area contributed by atoms with Crippen molar-refractivity contribution < 1.29 is 0 Å². The lowest BCUT2D eigenvalue weighted by Gasteiger charge is -2.27. The van der Waals surface area contributed by atoms with Gasteiger partial charge >= 0.3 is 0 Å². The zero-order chi connectivity index (χ0) is 13.9. The van der Waals surface area contributed by atoms with Gasteiger partial charge in [0.25, 0.3) is 0 Å². The number of hydrogen-bond donors (Lipinski definition) is 0. The van der Waals surface area contributed by atoms with Gasteiger partial charge in [-0.3, -0.25) is 0 Å². The summed E-state index contributed by atoms with van der Waals surface area (Å²) in [5.74, 6) is 3.15. The van der Waals surface area contributed by atoms with E-state index in [9.17, 15) is 0 Å². The molecule has 0 aromatic rings. The highest BCUT2D eigenvalue weighted by atomic mass is 14.3. The molecule has 0 saturated heterocycles. The summed E-state index contributed by atoms with van der Waals surface area (Å²) in [7, 11) is 0. The summed E-state index contributed by atoms with van der Waals surface area (Å²) in [5, 5.41) is 0. The lowest BCUT2D eigenvalue weighted by atomic mass is 9.79. The molecule has 0 heterocycles. The monoisotopic (exact) mass is 248 g/mol. The average Bonchev–Trinajstić information content (AvgIpc) is 2.52. The second kappa shape index (κ2) is 6.59. The van der Waals surface area contributed by atoms with E-state index in [-0.39, 0.29) is 0 Å². The van der Waals surface area contributed by atoms with E-state index in [2.05, 4.69) is 48.1 Å². The van der Waals surface area contributed by atoms with Crippen molar-refractivity contribution >= 4 is 0 Å². The third kappa shape index (κ3) is 3.49. The maximum Gasteiger partial charge on any atom is 0.00101 e. The summed E-state index contributed by atoms with van der Waals surface area (Å²) >= 11 is 0. The molecule has 0 radical (unpaired) electrons. The normalized spacial score (nSPS) is 20.9. The molecule has 0 N–H and O–H groups in total. The first-order chi connectivity index (χ1) is 8.38. The SMILES string of the molecule is C=C1CC(C)=C(CC)C1CCC(C(C)C)C(C)C. The van der Waals surface area contributed by atoms with Crippen molar-refractivity contribution in [1.82, 2.24) is 0 Å². The quantitative estimate of drug-likeness (QED) is 0.506. The van der Waals surface area contributed by atoms with Crippen LogP contribution < -0.4 is 0 Å². The van der Waals surface area contributed by atoms with Gasteiger partial charge in [-0.15, -0.1) is 0 Å². The Bertz CT molecular complexity index is 309. The Morgan fingerprint density at radius 1 is 1.17 bits per heavy atom. The van der Waals surface area contributed by atoms with E-state index in [4.69, 9.17) is 0 Å². The molecule has 18 heavy (non-hydrogen) atoms. The van der Waals surface area contributed by atoms with Gasteiger partial charge in [-0.05, 0) is 50.4 Å². The highest BCUT2D eigenvalue weighted by Crippen LogP contribution is 2.41. The molecule has 0 amide bonds. The Balaban J connectivity index is 2.65. The predicted octanol–water partition coefficient (Wildman–Crippen LogP) is 6.00. The lowest BCUT2D eigenvalue weighted by Crippen LogP contribution is -2.17. The third-order valence-electron chi connectivity index (χ3n) is 4.84. The molecule has 0 aliphatic heterocycles. The van der Waals surface area contributed by atoms with Gasteiger partial charge in [0, 0.05) is 5.92 Å². The highest BCUT2D eigenvalue weighted by Gasteiger charge is 2.27. The standard InChI is InChI=1S/C18H32/c1-8-16-14(6)11-15(7)18(16)10-9-17(12(2)3)13(4)5/h12-13,17-18H,7-11H2,1-6H3. The van der Waals surface area contributed by atoms with Crippen LogP contribution in [0.25, 0.3) is 0 Å². The van der Waals surface area contributed by atoms with Gasteiger partial charge in [-0.25, -0.2) is 0 Å². The summed E-state index contributed by atoms with van der Waals surface area (Å²) in [4.78, 5) is 0. The molecule has 0 aromatic carbocycles. The third-order valence-corrected chi connectivity index (χ3v) is 4.84. The summed E-state index contributed by atoms with van der Waals surface area (Å²) in [5.41, 5.74) is 4.75. The first-order valence-electron chi connectivity index (χ1n) is 7.74. The Hall–Kier alpha value is -0.520. The van der Waals surface area contributed by atoms with E-state index < -0.39 is 0 Å². The van der Waals surface area contributed by atoms with Gasteiger partial charge in [0.15, 0.2) is 0 Å². The molecule has 1 aliphatic carbocycles. The smallest absolute Gasteiger partial charge is 0.00101 e. The van der Waals surface area contributed by atoms with Crippen molar-refractivity contribution in [1.29, 1.82) is 0 Å². The fraction of sp³-hybridized carbons (Fsp3) is 0.778. The van der Waals surface area contributed by atoms with Crippen molar-refractivity contribution in [3.8, 4) is 0 Å². The molecule has 0 heteroatoms. The first-order valence-corrected chi connectivity index (χ1v) is 7.74. The maximum absolute atomic E-state index is 4.31. The van der Waals surface area contributed by atoms with Crippen LogP contribution in [0.1, 0.15) is 67.2 Å². The average molecular weight is 248 g/mol. The predicted molar refractivity (Wildman–Crippen MR) is 82.6 cm³/mol.